The zero-order valence-corrected chi connectivity index (χ0v) is 14.2. The van der Waals surface area contributed by atoms with Crippen molar-refractivity contribution in [3.8, 4) is 5.75 Å². The summed E-state index contributed by atoms with van der Waals surface area (Å²) in [5, 5.41) is 17.0. The van der Waals surface area contributed by atoms with Gasteiger partial charge in [-0.2, -0.15) is 5.10 Å². The van der Waals surface area contributed by atoms with Gasteiger partial charge in [-0.25, -0.2) is 9.40 Å². The van der Waals surface area contributed by atoms with Gasteiger partial charge < -0.3 is 9.84 Å². The van der Waals surface area contributed by atoms with Gasteiger partial charge in [-0.05, 0) is 30.2 Å². The molecule has 0 saturated carbocycles. The Hall–Kier alpha value is -2.82. The molecule has 5 heteroatoms. The van der Waals surface area contributed by atoms with Crippen LogP contribution in [0.1, 0.15) is 42.9 Å². The maximum Gasteiger partial charge on any atom is 0.220 e. The fraction of sp³-hybridized carbons (Fsp3) is 0.286. The minimum atomic E-state index is -0.761. The predicted molar refractivity (Wildman–Crippen MR) is 96.5 cm³/mol. The van der Waals surface area contributed by atoms with Crippen molar-refractivity contribution >= 4 is 5.71 Å². The topological polar surface area (TPSA) is 45.1 Å². The van der Waals surface area contributed by atoms with Crippen LogP contribution in [0.4, 0.5) is 4.39 Å². The van der Waals surface area contributed by atoms with Gasteiger partial charge in [0.15, 0.2) is 0 Å². The average molecular weight is 350 g/mol. The predicted octanol–water partition coefficient (Wildman–Crippen LogP) is 4.69. The highest BCUT2D eigenvalue weighted by Gasteiger charge is 2.50. The van der Waals surface area contributed by atoms with Crippen molar-refractivity contribution in [2.24, 2.45) is 5.10 Å². The summed E-state index contributed by atoms with van der Waals surface area (Å²) in [6, 6.07) is 14.5. The molecule has 0 saturated heterocycles. The lowest BCUT2D eigenvalue weighted by Gasteiger charge is -2.47. The molecule has 26 heavy (non-hydrogen) atoms. The Bertz CT molecular complexity index is 922. The normalized spacial score (nSPS) is 26.7. The minimum absolute atomic E-state index is 0.0437. The van der Waals surface area contributed by atoms with Gasteiger partial charge in [0.05, 0.1) is 17.5 Å². The van der Waals surface area contributed by atoms with E-state index in [1.165, 1.54) is 12.1 Å². The Labute approximate surface area is 151 Å². The van der Waals surface area contributed by atoms with Crippen molar-refractivity contribution in [2.45, 2.75) is 37.5 Å². The molecule has 2 aromatic rings. The van der Waals surface area contributed by atoms with Crippen molar-refractivity contribution < 1.29 is 14.2 Å². The molecule has 0 unspecified atom stereocenters. The molecule has 0 amide bonds. The first-order valence-electron chi connectivity index (χ1n) is 8.96. The molecular formula is C21H19FN2O2. The van der Waals surface area contributed by atoms with Crippen LogP contribution in [0, 0.1) is 5.82 Å². The molecule has 1 N–H and O–H groups in total. The third kappa shape index (κ3) is 2.30. The van der Waals surface area contributed by atoms with E-state index >= 15 is 0 Å². The Morgan fingerprint density at radius 2 is 1.96 bits per heavy atom. The number of hydrazone groups is 1. The Balaban J connectivity index is 1.63. The number of aliphatic hydroxyl groups is 1. The number of rotatable bonds is 1. The van der Waals surface area contributed by atoms with Crippen molar-refractivity contribution in [3.05, 3.63) is 77.3 Å². The van der Waals surface area contributed by atoms with E-state index in [1.54, 1.807) is 18.2 Å². The molecule has 2 heterocycles. The summed E-state index contributed by atoms with van der Waals surface area (Å²) in [5.41, 5.74) is 2.16. The molecule has 0 bridgehead atoms. The van der Waals surface area contributed by atoms with Gasteiger partial charge in [-0.15, -0.1) is 0 Å². The molecule has 2 atom stereocenters. The molecule has 1 spiro atoms. The van der Waals surface area contributed by atoms with E-state index in [0.29, 0.717) is 12.2 Å². The van der Waals surface area contributed by atoms with Crippen molar-refractivity contribution in [1.82, 2.24) is 5.01 Å². The maximum atomic E-state index is 13.3. The Morgan fingerprint density at radius 1 is 1.15 bits per heavy atom. The van der Waals surface area contributed by atoms with Gasteiger partial charge in [-0.3, -0.25) is 0 Å². The number of nitrogens with zero attached hydrogens (tertiary/aromatic N) is 2. The van der Waals surface area contributed by atoms with Crippen LogP contribution in [-0.2, 0) is 0 Å². The van der Waals surface area contributed by atoms with Crippen LogP contribution < -0.4 is 4.74 Å². The lowest BCUT2D eigenvalue weighted by molar-refractivity contribution is -0.0944. The van der Waals surface area contributed by atoms with Crippen molar-refractivity contribution in [3.63, 3.8) is 0 Å². The largest absolute Gasteiger partial charge is 0.512 e. The molecule has 132 valence electrons. The van der Waals surface area contributed by atoms with Gasteiger partial charge in [-0.1, -0.05) is 30.3 Å². The molecule has 0 radical (unpaired) electrons. The van der Waals surface area contributed by atoms with Crippen LogP contribution in [-0.4, -0.2) is 21.6 Å². The summed E-state index contributed by atoms with van der Waals surface area (Å²) in [4.78, 5) is 0. The van der Waals surface area contributed by atoms with Crippen LogP contribution in [0.25, 0.3) is 0 Å². The first-order chi connectivity index (χ1) is 12.6. The lowest BCUT2D eigenvalue weighted by Crippen LogP contribution is -2.53. The van der Waals surface area contributed by atoms with Gasteiger partial charge in [0, 0.05) is 30.9 Å². The summed E-state index contributed by atoms with van der Waals surface area (Å²) < 4.78 is 19.7. The summed E-state index contributed by atoms with van der Waals surface area (Å²) in [6.07, 6.45) is 4.80. The third-order valence-corrected chi connectivity index (χ3v) is 5.40. The number of hydrogen-bond acceptors (Lipinski definition) is 4. The summed E-state index contributed by atoms with van der Waals surface area (Å²) >= 11 is 0. The average Bonchev–Trinajstić information content (AvgIpc) is 3.09. The van der Waals surface area contributed by atoms with Crippen molar-refractivity contribution in [1.29, 1.82) is 0 Å². The number of fused-ring (bicyclic) bond motifs is 4. The second-order valence-corrected chi connectivity index (χ2v) is 7.09. The van der Waals surface area contributed by atoms with E-state index in [1.807, 2.05) is 23.2 Å². The monoisotopic (exact) mass is 350 g/mol. The number of benzene rings is 2. The Morgan fingerprint density at radius 3 is 2.77 bits per heavy atom. The van der Waals surface area contributed by atoms with Gasteiger partial charge in [0.25, 0.3) is 0 Å². The highest BCUT2D eigenvalue weighted by Crippen LogP contribution is 2.50. The number of ether oxygens (including phenoxy) is 1. The summed E-state index contributed by atoms with van der Waals surface area (Å²) in [5.74, 6) is 0.936. The van der Waals surface area contributed by atoms with E-state index in [4.69, 9.17) is 9.84 Å². The molecule has 0 aromatic heterocycles. The van der Waals surface area contributed by atoms with Crippen LogP contribution in [0.5, 0.6) is 5.75 Å². The SMILES string of the molecule is OC1=C[C@]2(CCC1)Oc1ccccc1[C@H]1CC(c3ccc(F)cc3)=NN12. The fourth-order valence-corrected chi connectivity index (χ4v) is 4.19. The molecule has 5 rings (SSSR count). The lowest BCUT2D eigenvalue weighted by atomic mass is 9.90. The van der Waals surface area contributed by atoms with E-state index in [2.05, 4.69) is 6.07 Å². The summed E-state index contributed by atoms with van der Waals surface area (Å²) in [6.45, 7) is 0. The third-order valence-electron chi connectivity index (χ3n) is 5.40. The standard InChI is InChI=1S/C21H19FN2O2/c22-15-9-7-14(8-10-15)18-12-19-17-5-1-2-6-20(17)26-21(24(19)23-18)11-3-4-16(25)13-21/h1-2,5-10,13,19,25H,3-4,11-12H2/t19-,21+/m1/s1. The van der Waals surface area contributed by atoms with Crippen LogP contribution in [0.15, 0.2) is 65.5 Å². The highest BCUT2D eigenvalue weighted by molar-refractivity contribution is 6.02. The summed E-state index contributed by atoms with van der Waals surface area (Å²) in [7, 11) is 0. The van der Waals surface area contributed by atoms with Crippen molar-refractivity contribution in [2.75, 3.05) is 0 Å². The number of hydrogen-bond donors (Lipinski definition) is 1. The number of halogens is 1. The van der Waals surface area contributed by atoms with E-state index in [0.717, 1.165) is 41.9 Å². The molecular weight excluding hydrogens is 331 g/mol. The minimum Gasteiger partial charge on any atom is -0.512 e. The zero-order valence-electron chi connectivity index (χ0n) is 14.2. The van der Waals surface area contributed by atoms with Crippen LogP contribution >= 0.6 is 0 Å². The first-order valence-corrected chi connectivity index (χ1v) is 8.96. The van der Waals surface area contributed by atoms with Crippen LogP contribution in [0.3, 0.4) is 0 Å². The number of aliphatic hydroxyl groups excluding tert-OH is 1. The quantitative estimate of drug-likeness (QED) is 0.811. The van der Waals surface area contributed by atoms with Gasteiger partial charge in [0.1, 0.15) is 11.6 Å². The van der Waals surface area contributed by atoms with E-state index in [9.17, 15) is 9.50 Å². The highest BCUT2D eigenvalue weighted by atomic mass is 19.1. The molecule has 1 aliphatic carbocycles. The van der Waals surface area contributed by atoms with Gasteiger partial charge >= 0.3 is 0 Å². The maximum absolute atomic E-state index is 13.3. The molecule has 2 aromatic carbocycles. The second-order valence-electron chi connectivity index (χ2n) is 7.09. The van der Waals surface area contributed by atoms with Crippen LogP contribution in [0.2, 0.25) is 0 Å². The van der Waals surface area contributed by atoms with E-state index in [-0.39, 0.29) is 11.9 Å². The molecule has 0 fully saturated rings. The van der Waals surface area contributed by atoms with E-state index < -0.39 is 5.72 Å². The molecule has 3 aliphatic rings. The van der Waals surface area contributed by atoms with Gasteiger partial charge in [0.2, 0.25) is 5.72 Å². The fourth-order valence-electron chi connectivity index (χ4n) is 4.19. The number of para-hydroxylation sites is 1. The Kier molecular flexibility index (Phi) is 3.32. The smallest absolute Gasteiger partial charge is 0.220 e. The first kappa shape index (κ1) is 15.4. The molecule has 4 nitrogen and oxygen atoms in total. The zero-order chi connectivity index (χ0) is 17.7. The number of allylic oxidation sites excluding steroid dienone is 1. The molecule has 2 aliphatic heterocycles. The second kappa shape index (κ2) is 5.59.